The number of aryl methyl sites for hydroxylation is 1. The van der Waals surface area contributed by atoms with Gasteiger partial charge in [-0.3, -0.25) is 10.1 Å². The van der Waals surface area contributed by atoms with Crippen molar-refractivity contribution in [2.24, 2.45) is 0 Å². The van der Waals surface area contributed by atoms with E-state index in [1.54, 1.807) is 19.9 Å². The van der Waals surface area contributed by atoms with Crippen LogP contribution in [0.4, 0.5) is 10.5 Å². The number of benzene rings is 3. The lowest BCUT2D eigenvalue weighted by atomic mass is 10.00. The van der Waals surface area contributed by atoms with Crippen molar-refractivity contribution < 1.29 is 23.6 Å². The first-order valence-corrected chi connectivity index (χ1v) is 12.3. The predicted molar refractivity (Wildman–Crippen MR) is 143 cm³/mol. The number of halogens is 1. The summed E-state index contributed by atoms with van der Waals surface area (Å²) in [6.07, 6.45) is 0.126. The van der Waals surface area contributed by atoms with Crippen LogP contribution in [0.3, 0.4) is 0 Å². The van der Waals surface area contributed by atoms with Crippen molar-refractivity contribution in [3.8, 4) is 22.5 Å². The standard InChI is InChI=1S/C29H27ClN2O5/c1-3-35-26(33)18-20-7-6-9-24(17-20)21-11-13-23(14-12-21)28-27(19(2)32-37-28)31-29(34)36-16-15-22-8-4-5-10-25(22)30/h4-14,17H,3,15-16,18H2,1-2H3,(H,31,34). The molecule has 0 atom stereocenters. The second-order valence-corrected chi connectivity index (χ2v) is 8.74. The lowest BCUT2D eigenvalue weighted by molar-refractivity contribution is -0.142. The Morgan fingerprint density at radius 2 is 1.70 bits per heavy atom. The summed E-state index contributed by atoms with van der Waals surface area (Å²) in [5.41, 5.74) is 5.47. The maximum atomic E-state index is 12.4. The molecule has 0 bridgehead atoms. The van der Waals surface area contributed by atoms with Crippen molar-refractivity contribution in [2.75, 3.05) is 18.5 Å². The van der Waals surface area contributed by atoms with Gasteiger partial charge in [-0.15, -0.1) is 0 Å². The van der Waals surface area contributed by atoms with E-state index in [9.17, 15) is 9.59 Å². The normalized spacial score (nSPS) is 10.7. The number of amides is 1. The van der Waals surface area contributed by atoms with E-state index < -0.39 is 6.09 Å². The first-order valence-electron chi connectivity index (χ1n) is 11.9. The van der Waals surface area contributed by atoms with E-state index in [1.807, 2.05) is 66.7 Å². The highest BCUT2D eigenvalue weighted by molar-refractivity contribution is 6.31. The van der Waals surface area contributed by atoms with Gasteiger partial charge in [-0.1, -0.05) is 83.5 Å². The van der Waals surface area contributed by atoms with Crippen LogP contribution in [0.1, 0.15) is 23.7 Å². The fraction of sp³-hybridized carbons (Fsp3) is 0.207. The third-order valence-electron chi connectivity index (χ3n) is 5.71. The Kier molecular flexibility index (Phi) is 8.59. The fourth-order valence-electron chi connectivity index (χ4n) is 3.86. The maximum Gasteiger partial charge on any atom is 0.411 e. The molecule has 0 aliphatic rings. The van der Waals surface area contributed by atoms with Crippen molar-refractivity contribution in [1.82, 2.24) is 5.16 Å². The number of hydrogen-bond donors (Lipinski definition) is 1. The van der Waals surface area contributed by atoms with Crippen LogP contribution < -0.4 is 5.32 Å². The van der Waals surface area contributed by atoms with Gasteiger partial charge in [0.2, 0.25) is 0 Å². The third-order valence-corrected chi connectivity index (χ3v) is 6.08. The minimum atomic E-state index is -0.602. The Labute approximate surface area is 220 Å². The molecule has 0 fully saturated rings. The molecule has 37 heavy (non-hydrogen) atoms. The Balaban J connectivity index is 1.42. The van der Waals surface area contributed by atoms with Gasteiger partial charge in [-0.25, -0.2) is 4.79 Å². The number of aromatic nitrogens is 1. The molecular formula is C29H27ClN2O5. The predicted octanol–water partition coefficient (Wildman–Crippen LogP) is 6.87. The number of esters is 1. The molecule has 7 nitrogen and oxygen atoms in total. The van der Waals surface area contributed by atoms with E-state index in [4.69, 9.17) is 25.6 Å². The number of carbonyl (C=O) groups excluding carboxylic acids is 2. The van der Waals surface area contributed by atoms with E-state index in [-0.39, 0.29) is 19.0 Å². The van der Waals surface area contributed by atoms with E-state index in [0.29, 0.717) is 35.2 Å². The van der Waals surface area contributed by atoms with Crippen LogP contribution in [0.2, 0.25) is 5.02 Å². The van der Waals surface area contributed by atoms with Crippen molar-refractivity contribution >= 4 is 29.4 Å². The second-order valence-electron chi connectivity index (χ2n) is 8.33. The number of anilines is 1. The molecule has 0 saturated carbocycles. The lowest BCUT2D eigenvalue weighted by Crippen LogP contribution is -2.16. The molecule has 0 unspecified atom stereocenters. The molecule has 190 valence electrons. The Hall–Kier alpha value is -4.10. The molecule has 1 aromatic heterocycles. The molecule has 0 radical (unpaired) electrons. The van der Waals surface area contributed by atoms with Crippen LogP contribution in [0.25, 0.3) is 22.5 Å². The van der Waals surface area contributed by atoms with E-state index in [2.05, 4.69) is 10.5 Å². The van der Waals surface area contributed by atoms with Gasteiger partial charge >= 0.3 is 12.1 Å². The van der Waals surface area contributed by atoms with Gasteiger partial charge < -0.3 is 14.0 Å². The summed E-state index contributed by atoms with van der Waals surface area (Å²) in [5.74, 6) is 0.182. The summed E-state index contributed by atoms with van der Waals surface area (Å²) in [6, 6.07) is 22.9. The number of carbonyl (C=O) groups is 2. The smallest absolute Gasteiger partial charge is 0.411 e. The quantitative estimate of drug-likeness (QED) is 0.243. The van der Waals surface area contributed by atoms with E-state index >= 15 is 0 Å². The Morgan fingerprint density at radius 1 is 0.946 bits per heavy atom. The lowest BCUT2D eigenvalue weighted by Gasteiger charge is -2.09. The van der Waals surface area contributed by atoms with Crippen molar-refractivity contribution in [1.29, 1.82) is 0 Å². The minimum Gasteiger partial charge on any atom is -0.466 e. The first-order chi connectivity index (χ1) is 17.9. The van der Waals surface area contributed by atoms with Gasteiger partial charge in [-0.2, -0.15) is 0 Å². The summed E-state index contributed by atoms with van der Waals surface area (Å²) < 4.78 is 15.9. The molecule has 3 aromatic carbocycles. The largest absolute Gasteiger partial charge is 0.466 e. The summed E-state index contributed by atoms with van der Waals surface area (Å²) in [6.45, 7) is 4.07. The molecule has 4 rings (SSSR count). The van der Waals surface area contributed by atoms with Gasteiger partial charge in [0.05, 0.1) is 19.6 Å². The topological polar surface area (TPSA) is 90.7 Å². The van der Waals surface area contributed by atoms with Gasteiger partial charge in [0.25, 0.3) is 0 Å². The van der Waals surface area contributed by atoms with Crippen LogP contribution in [-0.4, -0.2) is 30.4 Å². The number of hydrogen-bond acceptors (Lipinski definition) is 6. The fourth-order valence-corrected chi connectivity index (χ4v) is 4.09. The molecule has 4 aromatic rings. The summed E-state index contributed by atoms with van der Waals surface area (Å²) in [5, 5.41) is 7.40. The zero-order valence-electron chi connectivity index (χ0n) is 20.6. The van der Waals surface area contributed by atoms with E-state index in [0.717, 1.165) is 27.8 Å². The summed E-state index contributed by atoms with van der Waals surface area (Å²) >= 11 is 6.16. The van der Waals surface area contributed by atoms with Crippen LogP contribution in [0, 0.1) is 6.92 Å². The van der Waals surface area contributed by atoms with Gasteiger partial charge in [-0.05, 0) is 42.2 Å². The minimum absolute atomic E-state index is 0.180. The monoisotopic (exact) mass is 518 g/mol. The van der Waals surface area contributed by atoms with Crippen LogP contribution in [-0.2, 0) is 27.1 Å². The molecule has 0 saturated heterocycles. The van der Waals surface area contributed by atoms with Crippen molar-refractivity contribution in [3.05, 3.63) is 94.6 Å². The molecule has 1 N–H and O–H groups in total. The van der Waals surface area contributed by atoms with Crippen molar-refractivity contribution in [2.45, 2.75) is 26.7 Å². The average molecular weight is 519 g/mol. The number of rotatable bonds is 9. The second kappa shape index (κ2) is 12.2. The summed E-state index contributed by atoms with van der Waals surface area (Å²) in [4.78, 5) is 24.3. The summed E-state index contributed by atoms with van der Waals surface area (Å²) in [7, 11) is 0. The zero-order valence-corrected chi connectivity index (χ0v) is 21.4. The van der Waals surface area contributed by atoms with Crippen LogP contribution in [0.15, 0.2) is 77.3 Å². The molecule has 0 aliphatic carbocycles. The first kappa shape index (κ1) is 26.0. The molecular weight excluding hydrogens is 492 g/mol. The molecule has 0 spiro atoms. The average Bonchev–Trinajstić information content (AvgIpc) is 3.25. The highest BCUT2D eigenvalue weighted by Crippen LogP contribution is 2.32. The third kappa shape index (κ3) is 6.77. The number of nitrogens with zero attached hydrogens (tertiary/aromatic N) is 1. The van der Waals surface area contributed by atoms with Gasteiger partial charge in [0.1, 0.15) is 11.4 Å². The molecule has 0 aliphatic heterocycles. The van der Waals surface area contributed by atoms with Crippen LogP contribution >= 0.6 is 11.6 Å². The highest BCUT2D eigenvalue weighted by atomic mass is 35.5. The van der Waals surface area contributed by atoms with E-state index in [1.165, 1.54) is 0 Å². The van der Waals surface area contributed by atoms with Gasteiger partial charge in [0.15, 0.2) is 5.76 Å². The molecule has 8 heteroatoms. The Morgan fingerprint density at radius 3 is 2.46 bits per heavy atom. The molecule has 1 heterocycles. The molecule has 1 amide bonds. The number of ether oxygens (including phenoxy) is 2. The zero-order chi connectivity index (χ0) is 26.2. The van der Waals surface area contributed by atoms with Crippen LogP contribution in [0.5, 0.6) is 0 Å². The van der Waals surface area contributed by atoms with Crippen molar-refractivity contribution in [3.63, 3.8) is 0 Å². The highest BCUT2D eigenvalue weighted by Gasteiger charge is 2.18. The Bertz CT molecular complexity index is 1380. The maximum absolute atomic E-state index is 12.4. The number of nitrogens with one attached hydrogen (secondary N) is 1. The SMILES string of the molecule is CCOC(=O)Cc1cccc(-c2ccc(-c3onc(C)c3NC(=O)OCCc3ccccc3Cl)cc2)c1. The van der Waals surface area contributed by atoms with Gasteiger partial charge in [0, 0.05) is 17.0 Å².